The summed E-state index contributed by atoms with van der Waals surface area (Å²) in [7, 11) is 2.11. The van der Waals surface area contributed by atoms with Crippen LogP contribution in [0.3, 0.4) is 0 Å². The Morgan fingerprint density at radius 1 is 1.47 bits per heavy atom. The maximum Gasteiger partial charge on any atom is 0.110 e. The highest BCUT2D eigenvalue weighted by Gasteiger charge is 2.55. The number of hydrogen-bond acceptors (Lipinski definition) is 2. The number of hydrogen-bond donors (Lipinski definition) is 1. The lowest BCUT2D eigenvalue weighted by molar-refractivity contribution is 0.417. The maximum absolute atomic E-state index is 4.50. The van der Waals surface area contributed by atoms with Crippen molar-refractivity contribution < 1.29 is 0 Å². The lowest BCUT2D eigenvalue weighted by Gasteiger charge is -2.18. The van der Waals surface area contributed by atoms with Crippen LogP contribution < -0.4 is 5.32 Å². The molecule has 2 aliphatic rings. The molecule has 0 aromatic carbocycles. The van der Waals surface area contributed by atoms with E-state index in [9.17, 15) is 0 Å². The fourth-order valence-electron chi connectivity index (χ4n) is 3.92. The van der Waals surface area contributed by atoms with Crippen molar-refractivity contribution in [2.45, 2.75) is 45.2 Å². The van der Waals surface area contributed by atoms with E-state index in [4.69, 9.17) is 0 Å². The molecule has 3 heteroatoms. The van der Waals surface area contributed by atoms with E-state index in [-0.39, 0.29) is 0 Å². The minimum absolute atomic E-state index is 0.637. The second kappa shape index (κ2) is 4.45. The number of fused-ring (bicyclic) bond motifs is 1. The SMILES string of the molecule is CCn1ccnc1CC(NC)C1C2CCCC21. The van der Waals surface area contributed by atoms with Crippen molar-refractivity contribution in [3.63, 3.8) is 0 Å². The Bertz CT molecular complexity index is 375. The number of likely N-dealkylation sites (N-methyl/N-ethyl adjacent to an activating group) is 1. The summed E-state index contributed by atoms with van der Waals surface area (Å²) in [6, 6.07) is 0.637. The van der Waals surface area contributed by atoms with Crippen molar-refractivity contribution in [3.8, 4) is 0 Å². The van der Waals surface area contributed by atoms with Gasteiger partial charge in [0.05, 0.1) is 0 Å². The van der Waals surface area contributed by atoms with Gasteiger partial charge in [0.15, 0.2) is 0 Å². The summed E-state index contributed by atoms with van der Waals surface area (Å²) in [5.74, 6) is 4.22. The molecule has 1 heterocycles. The minimum Gasteiger partial charge on any atom is -0.335 e. The molecule has 3 unspecified atom stereocenters. The summed E-state index contributed by atoms with van der Waals surface area (Å²) >= 11 is 0. The molecule has 3 nitrogen and oxygen atoms in total. The van der Waals surface area contributed by atoms with Crippen LogP contribution in [0.2, 0.25) is 0 Å². The normalized spacial score (nSPS) is 32.5. The van der Waals surface area contributed by atoms with Crippen LogP contribution >= 0.6 is 0 Å². The van der Waals surface area contributed by atoms with Crippen LogP contribution in [0.5, 0.6) is 0 Å². The Labute approximate surface area is 104 Å². The number of rotatable bonds is 5. The fourth-order valence-corrected chi connectivity index (χ4v) is 3.92. The lowest BCUT2D eigenvalue weighted by Crippen LogP contribution is -2.32. The molecule has 94 valence electrons. The van der Waals surface area contributed by atoms with Crippen LogP contribution in [0.25, 0.3) is 0 Å². The lowest BCUT2D eigenvalue weighted by atomic mass is 10.0. The second-order valence-electron chi connectivity index (χ2n) is 5.56. The highest BCUT2D eigenvalue weighted by atomic mass is 15.1. The molecule has 17 heavy (non-hydrogen) atoms. The van der Waals surface area contributed by atoms with Gasteiger partial charge in [0.2, 0.25) is 0 Å². The molecule has 2 fully saturated rings. The first kappa shape index (κ1) is 11.3. The van der Waals surface area contributed by atoms with Gasteiger partial charge in [-0.25, -0.2) is 4.98 Å². The van der Waals surface area contributed by atoms with E-state index in [1.807, 2.05) is 6.20 Å². The van der Waals surface area contributed by atoms with Crippen LogP contribution in [0.4, 0.5) is 0 Å². The zero-order valence-corrected chi connectivity index (χ0v) is 10.9. The summed E-state index contributed by atoms with van der Waals surface area (Å²) in [5.41, 5.74) is 0. The largest absolute Gasteiger partial charge is 0.335 e. The van der Waals surface area contributed by atoms with E-state index in [0.29, 0.717) is 6.04 Å². The Morgan fingerprint density at radius 2 is 2.24 bits per heavy atom. The van der Waals surface area contributed by atoms with Gasteiger partial charge in [-0.15, -0.1) is 0 Å². The van der Waals surface area contributed by atoms with Gasteiger partial charge in [0.25, 0.3) is 0 Å². The van der Waals surface area contributed by atoms with Crippen molar-refractivity contribution in [2.75, 3.05) is 7.05 Å². The van der Waals surface area contributed by atoms with Gasteiger partial charge in [0.1, 0.15) is 5.82 Å². The maximum atomic E-state index is 4.50. The third-order valence-corrected chi connectivity index (χ3v) is 4.85. The monoisotopic (exact) mass is 233 g/mol. The predicted molar refractivity (Wildman–Crippen MR) is 68.8 cm³/mol. The molecule has 1 aromatic rings. The summed E-state index contributed by atoms with van der Waals surface area (Å²) in [4.78, 5) is 4.50. The highest BCUT2D eigenvalue weighted by Crippen LogP contribution is 2.59. The van der Waals surface area contributed by atoms with Crippen LogP contribution in [-0.4, -0.2) is 22.6 Å². The molecule has 0 radical (unpaired) electrons. The molecule has 1 aromatic heterocycles. The topological polar surface area (TPSA) is 29.9 Å². The van der Waals surface area contributed by atoms with E-state index >= 15 is 0 Å². The van der Waals surface area contributed by atoms with Gasteiger partial charge < -0.3 is 9.88 Å². The summed E-state index contributed by atoms with van der Waals surface area (Å²) in [5, 5.41) is 3.53. The zero-order valence-electron chi connectivity index (χ0n) is 10.9. The molecule has 0 aliphatic heterocycles. The number of nitrogens with one attached hydrogen (secondary N) is 1. The molecule has 0 spiro atoms. The molecule has 2 aliphatic carbocycles. The number of nitrogens with zero attached hydrogens (tertiary/aromatic N) is 2. The number of imidazole rings is 1. The van der Waals surface area contributed by atoms with Gasteiger partial charge in [-0.05, 0) is 44.6 Å². The first-order valence-corrected chi connectivity index (χ1v) is 7.02. The molecule has 1 N–H and O–H groups in total. The third kappa shape index (κ3) is 1.90. The average molecular weight is 233 g/mol. The van der Waals surface area contributed by atoms with E-state index in [1.54, 1.807) is 0 Å². The second-order valence-corrected chi connectivity index (χ2v) is 5.56. The molecule has 0 saturated heterocycles. The Balaban J connectivity index is 1.66. The van der Waals surface area contributed by atoms with Gasteiger partial charge in [0, 0.05) is 31.4 Å². The van der Waals surface area contributed by atoms with E-state index in [2.05, 4.69) is 35.0 Å². The Kier molecular flexibility index (Phi) is 2.95. The number of aryl methyl sites for hydroxylation is 1. The van der Waals surface area contributed by atoms with Crippen molar-refractivity contribution >= 4 is 0 Å². The number of aromatic nitrogens is 2. The first-order valence-electron chi connectivity index (χ1n) is 7.02. The van der Waals surface area contributed by atoms with Crippen molar-refractivity contribution in [1.82, 2.24) is 14.9 Å². The Morgan fingerprint density at radius 3 is 2.88 bits per heavy atom. The van der Waals surface area contributed by atoms with E-state index in [0.717, 1.165) is 30.7 Å². The van der Waals surface area contributed by atoms with Crippen LogP contribution in [0.15, 0.2) is 12.4 Å². The fraction of sp³-hybridized carbons (Fsp3) is 0.786. The van der Waals surface area contributed by atoms with Gasteiger partial charge in [-0.3, -0.25) is 0 Å². The highest BCUT2D eigenvalue weighted by molar-refractivity contribution is 5.09. The molecular formula is C14H23N3. The predicted octanol–water partition coefficient (Wildman–Crippen LogP) is 2.08. The van der Waals surface area contributed by atoms with E-state index in [1.165, 1.54) is 25.1 Å². The molecule has 0 bridgehead atoms. The molecule has 3 atom stereocenters. The molecule has 0 amide bonds. The zero-order chi connectivity index (χ0) is 11.8. The quantitative estimate of drug-likeness (QED) is 0.844. The first-order chi connectivity index (χ1) is 8.35. The van der Waals surface area contributed by atoms with Crippen molar-refractivity contribution in [3.05, 3.63) is 18.2 Å². The van der Waals surface area contributed by atoms with Crippen molar-refractivity contribution in [1.29, 1.82) is 0 Å². The van der Waals surface area contributed by atoms with Gasteiger partial charge >= 0.3 is 0 Å². The van der Waals surface area contributed by atoms with E-state index < -0.39 is 0 Å². The summed E-state index contributed by atoms with van der Waals surface area (Å²) in [6.45, 7) is 3.22. The smallest absolute Gasteiger partial charge is 0.110 e. The van der Waals surface area contributed by atoms with Crippen LogP contribution in [-0.2, 0) is 13.0 Å². The average Bonchev–Trinajstić information content (AvgIpc) is 2.77. The molecular weight excluding hydrogens is 210 g/mol. The van der Waals surface area contributed by atoms with Gasteiger partial charge in [-0.2, -0.15) is 0 Å². The molecule has 2 saturated carbocycles. The third-order valence-electron chi connectivity index (χ3n) is 4.85. The summed E-state index contributed by atoms with van der Waals surface area (Å²) in [6.07, 6.45) is 9.52. The Hall–Kier alpha value is -0.830. The van der Waals surface area contributed by atoms with Crippen molar-refractivity contribution in [2.24, 2.45) is 17.8 Å². The minimum atomic E-state index is 0.637. The van der Waals surface area contributed by atoms with Crippen LogP contribution in [0, 0.1) is 17.8 Å². The standard InChI is InChI=1S/C14H23N3/c1-3-17-8-7-16-13(17)9-12(15-2)14-10-5-4-6-11(10)14/h7-8,10-12,14-15H,3-6,9H2,1-2H3. The van der Waals surface area contributed by atoms with Crippen LogP contribution in [0.1, 0.15) is 32.0 Å². The van der Waals surface area contributed by atoms with Gasteiger partial charge in [-0.1, -0.05) is 6.42 Å². The summed E-state index contributed by atoms with van der Waals surface area (Å²) < 4.78 is 2.27. The molecule has 3 rings (SSSR count).